The molecule has 0 saturated heterocycles. The first-order chi connectivity index (χ1) is 8.65. The number of aryl methyl sites for hydroxylation is 1. The van der Waals surface area contributed by atoms with Gasteiger partial charge in [-0.05, 0) is 30.5 Å². The number of carbonyl (C=O) groups excluding carboxylic acids is 1. The Labute approximate surface area is 105 Å². The van der Waals surface area contributed by atoms with Crippen molar-refractivity contribution in [1.82, 2.24) is 4.98 Å². The highest BCUT2D eigenvalue weighted by molar-refractivity contribution is 5.99. The SMILES string of the molecule is C[NH+]([O-])c1ccc2nc3c(cc2c1)CCCC3=O. The highest BCUT2D eigenvalue weighted by Gasteiger charge is 2.19. The van der Waals surface area contributed by atoms with E-state index >= 15 is 0 Å². The van der Waals surface area contributed by atoms with Gasteiger partial charge in [-0.3, -0.25) is 4.79 Å². The number of rotatable bonds is 1. The zero-order valence-electron chi connectivity index (χ0n) is 10.2. The normalized spacial score (nSPS) is 16.7. The van der Waals surface area contributed by atoms with Gasteiger partial charge >= 0.3 is 0 Å². The minimum Gasteiger partial charge on any atom is -0.629 e. The number of hydrogen-bond acceptors (Lipinski definition) is 3. The van der Waals surface area contributed by atoms with Crippen LogP contribution in [0, 0.1) is 5.21 Å². The average Bonchev–Trinajstić information content (AvgIpc) is 2.36. The van der Waals surface area contributed by atoms with E-state index in [1.165, 1.54) is 0 Å². The Morgan fingerprint density at radius 2 is 2.11 bits per heavy atom. The van der Waals surface area contributed by atoms with Crippen LogP contribution in [0.2, 0.25) is 0 Å². The Hall–Kier alpha value is -1.78. The Kier molecular flexibility index (Phi) is 2.61. The van der Waals surface area contributed by atoms with Gasteiger partial charge < -0.3 is 10.3 Å². The fourth-order valence-corrected chi connectivity index (χ4v) is 2.43. The molecule has 1 aliphatic rings. The lowest BCUT2D eigenvalue weighted by Crippen LogP contribution is -2.98. The van der Waals surface area contributed by atoms with Crippen molar-refractivity contribution in [3.05, 3.63) is 40.7 Å². The van der Waals surface area contributed by atoms with Gasteiger partial charge in [-0.25, -0.2) is 4.98 Å². The summed E-state index contributed by atoms with van der Waals surface area (Å²) in [6.45, 7) is 0. The van der Waals surface area contributed by atoms with Crippen molar-refractivity contribution in [2.24, 2.45) is 0 Å². The van der Waals surface area contributed by atoms with Crippen LogP contribution in [0.25, 0.3) is 10.9 Å². The summed E-state index contributed by atoms with van der Waals surface area (Å²) in [5.74, 6) is 0.133. The van der Waals surface area contributed by atoms with Gasteiger partial charge in [-0.15, -0.1) is 0 Å². The maximum atomic E-state index is 11.8. The van der Waals surface area contributed by atoms with Crippen LogP contribution >= 0.6 is 0 Å². The maximum Gasteiger partial charge on any atom is 0.181 e. The van der Waals surface area contributed by atoms with E-state index < -0.39 is 0 Å². The van der Waals surface area contributed by atoms with Crippen LogP contribution in [0.15, 0.2) is 24.3 Å². The molecule has 1 unspecified atom stereocenters. The number of nitrogens with zero attached hydrogens (tertiary/aromatic N) is 1. The number of ketones is 1. The molecule has 4 nitrogen and oxygen atoms in total. The maximum absolute atomic E-state index is 11.8. The number of aromatic nitrogens is 1. The van der Waals surface area contributed by atoms with Crippen LogP contribution in [0.1, 0.15) is 28.9 Å². The first-order valence-electron chi connectivity index (χ1n) is 6.13. The highest BCUT2D eigenvalue weighted by Crippen LogP contribution is 2.24. The Morgan fingerprint density at radius 3 is 2.89 bits per heavy atom. The Morgan fingerprint density at radius 1 is 1.28 bits per heavy atom. The minimum absolute atomic E-state index is 0.0469. The molecule has 0 saturated carbocycles. The van der Waals surface area contributed by atoms with Crippen LogP contribution in [0.3, 0.4) is 0 Å². The summed E-state index contributed by atoms with van der Waals surface area (Å²) in [4.78, 5) is 16.2. The lowest BCUT2D eigenvalue weighted by molar-refractivity contribution is -0.751. The fourth-order valence-electron chi connectivity index (χ4n) is 2.43. The molecule has 1 heterocycles. The second-order valence-corrected chi connectivity index (χ2v) is 4.74. The van der Waals surface area contributed by atoms with E-state index in [1.54, 1.807) is 13.1 Å². The molecule has 4 heteroatoms. The van der Waals surface area contributed by atoms with Crippen molar-refractivity contribution < 1.29 is 9.86 Å². The summed E-state index contributed by atoms with van der Waals surface area (Å²) < 4.78 is 0. The zero-order chi connectivity index (χ0) is 12.7. The standard InChI is InChI=1S/C14H14N2O2/c1-16(18)11-5-6-12-10(8-11)7-9-3-2-4-13(17)14(9)15-12/h5-8,16H,2-4H2,1H3. The molecule has 0 amide bonds. The Bertz CT molecular complexity index is 635. The van der Waals surface area contributed by atoms with Crippen LogP contribution < -0.4 is 5.06 Å². The van der Waals surface area contributed by atoms with E-state index in [1.807, 2.05) is 18.2 Å². The van der Waals surface area contributed by atoms with E-state index in [-0.39, 0.29) is 10.8 Å². The molecular formula is C14H14N2O2. The van der Waals surface area contributed by atoms with Crippen LogP contribution in [0.4, 0.5) is 5.69 Å². The number of pyridine rings is 1. The lowest BCUT2D eigenvalue weighted by Gasteiger charge is -2.17. The number of carbonyl (C=O) groups is 1. The third-order valence-corrected chi connectivity index (χ3v) is 3.41. The summed E-state index contributed by atoms with van der Waals surface area (Å²) in [5.41, 5.74) is 3.10. The first-order valence-corrected chi connectivity index (χ1v) is 6.13. The van der Waals surface area contributed by atoms with E-state index in [0.717, 1.165) is 29.3 Å². The van der Waals surface area contributed by atoms with Crippen molar-refractivity contribution in [3.8, 4) is 0 Å². The summed E-state index contributed by atoms with van der Waals surface area (Å²) in [7, 11) is 1.55. The molecule has 1 aliphatic carbocycles. The summed E-state index contributed by atoms with van der Waals surface area (Å²) in [6, 6.07) is 7.43. The van der Waals surface area contributed by atoms with Gasteiger partial charge in [0.2, 0.25) is 0 Å². The lowest BCUT2D eigenvalue weighted by atomic mass is 9.94. The van der Waals surface area contributed by atoms with Gasteiger partial charge in [0.1, 0.15) is 11.4 Å². The molecule has 1 aromatic heterocycles. The van der Waals surface area contributed by atoms with Crippen LogP contribution in [-0.4, -0.2) is 17.8 Å². The monoisotopic (exact) mass is 242 g/mol. The first kappa shape index (κ1) is 11.3. The molecule has 3 rings (SSSR count). The Balaban J connectivity index is 2.20. The summed E-state index contributed by atoms with van der Waals surface area (Å²) in [5, 5.41) is 12.3. The second-order valence-electron chi connectivity index (χ2n) is 4.74. The number of quaternary nitrogens is 1. The number of benzene rings is 1. The van der Waals surface area contributed by atoms with E-state index in [9.17, 15) is 10.0 Å². The zero-order valence-corrected chi connectivity index (χ0v) is 10.2. The molecule has 2 aromatic rings. The van der Waals surface area contributed by atoms with Gasteiger partial charge in [0.25, 0.3) is 0 Å². The van der Waals surface area contributed by atoms with E-state index in [2.05, 4.69) is 4.98 Å². The van der Waals surface area contributed by atoms with Crippen molar-refractivity contribution >= 4 is 22.4 Å². The van der Waals surface area contributed by atoms with Gasteiger partial charge in [0.05, 0.1) is 12.6 Å². The largest absolute Gasteiger partial charge is 0.629 e. The molecule has 0 aliphatic heterocycles. The molecule has 1 atom stereocenters. The average molecular weight is 242 g/mol. The quantitative estimate of drug-likeness (QED) is 0.769. The third kappa shape index (κ3) is 1.79. The molecule has 0 radical (unpaired) electrons. The molecule has 1 N–H and O–H groups in total. The summed E-state index contributed by atoms with van der Waals surface area (Å²) >= 11 is 0. The van der Waals surface area contributed by atoms with E-state index in [4.69, 9.17) is 0 Å². The smallest absolute Gasteiger partial charge is 0.181 e. The minimum atomic E-state index is 0.0469. The van der Waals surface area contributed by atoms with Gasteiger partial charge in [-0.1, -0.05) is 0 Å². The molecule has 0 fully saturated rings. The molecule has 92 valence electrons. The van der Waals surface area contributed by atoms with Gasteiger partial charge in [0.15, 0.2) is 5.78 Å². The molecule has 0 spiro atoms. The summed E-state index contributed by atoms with van der Waals surface area (Å²) in [6.07, 6.45) is 2.39. The van der Waals surface area contributed by atoms with Crippen molar-refractivity contribution in [2.45, 2.75) is 19.3 Å². The van der Waals surface area contributed by atoms with E-state index in [0.29, 0.717) is 17.8 Å². The van der Waals surface area contributed by atoms with Crippen LogP contribution in [-0.2, 0) is 6.42 Å². The predicted molar refractivity (Wildman–Crippen MR) is 68.9 cm³/mol. The molecule has 18 heavy (non-hydrogen) atoms. The number of hydrogen-bond donors (Lipinski definition) is 1. The number of Topliss-reactive ketones (excluding diaryl/α,β-unsaturated/α-hetero) is 1. The molecule has 1 aromatic carbocycles. The highest BCUT2D eigenvalue weighted by atomic mass is 16.5. The van der Waals surface area contributed by atoms with Crippen LogP contribution in [0.5, 0.6) is 0 Å². The predicted octanol–water partition coefficient (Wildman–Crippen LogP) is 1.40. The second kappa shape index (κ2) is 4.15. The van der Waals surface area contributed by atoms with Crippen molar-refractivity contribution in [2.75, 3.05) is 7.05 Å². The van der Waals surface area contributed by atoms with Crippen molar-refractivity contribution in [1.29, 1.82) is 0 Å². The number of fused-ring (bicyclic) bond motifs is 2. The molecular weight excluding hydrogens is 228 g/mol. The number of nitrogens with one attached hydrogen (secondary N) is 1. The number of hydroxylamine groups is 1. The molecule has 0 bridgehead atoms. The fraction of sp³-hybridized carbons (Fsp3) is 0.286. The third-order valence-electron chi connectivity index (χ3n) is 3.41. The topological polar surface area (TPSA) is 57.5 Å². The van der Waals surface area contributed by atoms with Crippen molar-refractivity contribution in [3.63, 3.8) is 0 Å². The van der Waals surface area contributed by atoms with Gasteiger partial charge in [-0.2, -0.15) is 0 Å². The van der Waals surface area contributed by atoms with Gasteiger partial charge in [0, 0.05) is 23.9 Å².